The van der Waals surface area contributed by atoms with Crippen molar-refractivity contribution in [2.75, 3.05) is 20.8 Å². The fraction of sp³-hybridized carbons (Fsp3) is 0.370. The lowest BCUT2D eigenvalue weighted by Gasteiger charge is -2.33. The summed E-state index contributed by atoms with van der Waals surface area (Å²) in [5.41, 5.74) is 5.52. The third-order valence-corrected chi connectivity index (χ3v) is 7.34. The second-order valence-electron chi connectivity index (χ2n) is 8.57. The Balaban J connectivity index is 1.55. The highest BCUT2D eigenvalue weighted by atomic mass is 32.2. The van der Waals surface area contributed by atoms with Gasteiger partial charge in [0.25, 0.3) is 0 Å². The summed E-state index contributed by atoms with van der Waals surface area (Å²) in [7, 11) is 3.14. The van der Waals surface area contributed by atoms with E-state index < -0.39 is 12.0 Å². The molecule has 0 amide bonds. The first-order chi connectivity index (χ1) is 17.0. The molecule has 1 aliphatic heterocycles. The number of rotatable bonds is 9. The molecule has 4 rings (SSSR count). The van der Waals surface area contributed by atoms with E-state index >= 15 is 0 Å². The molecule has 0 bridgehead atoms. The van der Waals surface area contributed by atoms with Crippen molar-refractivity contribution >= 4 is 17.7 Å². The van der Waals surface area contributed by atoms with Gasteiger partial charge in [0.15, 0.2) is 5.16 Å². The van der Waals surface area contributed by atoms with E-state index in [4.69, 9.17) is 9.47 Å². The number of piperidine rings is 1. The Morgan fingerprint density at radius 3 is 2.43 bits per heavy atom. The fourth-order valence-electron chi connectivity index (χ4n) is 4.54. The molecular weight excluding hydrogens is 462 g/mol. The lowest BCUT2D eigenvalue weighted by molar-refractivity contribution is -0.144. The highest BCUT2D eigenvalue weighted by Gasteiger charge is 2.30. The Kier molecular flexibility index (Phi) is 8.25. The smallest absolute Gasteiger partial charge is 0.320 e. The summed E-state index contributed by atoms with van der Waals surface area (Å²) in [5, 5.41) is 10.2. The first kappa shape index (κ1) is 25.0. The number of carboxylic acid groups (broad SMARTS) is 1. The highest BCUT2D eigenvalue weighted by Crippen LogP contribution is 2.34. The molecule has 0 saturated carbocycles. The lowest BCUT2D eigenvalue weighted by atomic mass is 9.97. The molecular formula is C27H31N3O4S. The summed E-state index contributed by atoms with van der Waals surface area (Å²) in [6, 6.07) is 16.2. The maximum Gasteiger partial charge on any atom is 0.320 e. The minimum atomic E-state index is -0.802. The van der Waals surface area contributed by atoms with E-state index in [0.717, 1.165) is 12.8 Å². The van der Waals surface area contributed by atoms with Gasteiger partial charge < -0.3 is 14.6 Å². The fourth-order valence-corrected chi connectivity index (χ4v) is 5.43. The normalized spacial score (nSPS) is 16.1. The number of carboxylic acids is 1. The van der Waals surface area contributed by atoms with Crippen LogP contribution in [0.2, 0.25) is 0 Å². The second-order valence-corrected chi connectivity index (χ2v) is 9.51. The zero-order valence-corrected chi connectivity index (χ0v) is 21.2. The van der Waals surface area contributed by atoms with Crippen molar-refractivity contribution in [3.63, 3.8) is 0 Å². The molecule has 2 aromatic carbocycles. The molecule has 1 saturated heterocycles. The summed E-state index contributed by atoms with van der Waals surface area (Å²) >= 11 is 1.52. The SMILES string of the molecule is COc1nc(SCc2cccc(-c3ccccc3)c2C)nc(OC)c1CN1CCCCC1C(=O)O. The predicted octanol–water partition coefficient (Wildman–Crippen LogP) is 5.20. The van der Waals surface area contributed by atoms with Crippen molar-refractivity contribution in [1.29, 1.82) is 0 Å². The molecule has 0 radical (unpaired) electrons. The number of methoxy groups -OCH3 is 2. The number of nitrogens with zero attached hydrogens (tertiary/aromatic N) is 3. The lowest BCUT2D eigenvalue weighted by Crippen LogP contribution is -2.44. The topological polar surface area (TPSA) is 84.8 Å². The van der Waals surface area contributed by atoms with Gasteiger partial charge in [0.1, 0.15) is 6.04 Å². The van der Waals surface area contributed by atoms with Gasteiger partial charge in [0, 0.05) is 12.3 Å². The van der Waals surface area contributed by atoms with Crippen molar-refractivity contribution in [3.05, 3.63) is 65.2 Å². The predicted molar refractivity (Wildman–Crippen MR) is 137 cm³/mol. The molecule has 1 N–H and O–H groups in total. The van der Waals surface area contributed by atoms with Gasteiger partial charge in [-0.2, -0.15) is 9.97 Å². The van der Waals surface area contributed by atoms with E-state index in [1.165, 1.54) is 34.0 Å². The van der Waals surface area contributed by atoms with E-state index in [2.05, 4.69) is 47.2 Å². The van der Waals surface area contributed by atoms with E-state index in [-0.39, 0.29) is 0 Å². The number of benzene rings is 2. The molecule has 35 heavy (non-hydrogen) atoms. The van der Waals surface area contributed by atoms with Crippen molar-refractivity contribution in [3.8, 4) is 22.9 Å². The zero-order chi connectivity index (χ0) is 24.8. The van der Waals surface area contributed by atoms with Gasteiger partial charge in [-0.3, -0.25) is 9.69 Å². The third-order valence-electron chi connectivity index (χ3n) is 6.44. The van der Waals surface area contributed by atoms with Gasteiger partial charge in [0.05, 0.1) is 19.8 Å². The monoisotopic (exact) mass is 493 g/mol. The first-order valence-electron chi connectivity index (χ1n) is 11.7. The molecule has 7 nitrogen and oxygen atoms in total. The number of hydrogen-bond donors (Lipinski definition) is 1. The first-order valence-corrected chi connectivity index (χ1v) is 12.7. The Morgan fingerprint density at radius 1 is 1.06 bits per heavy atom. The van der Waals surface area contributed by atoms with Crippen LogP contribution in [0.5, 0.6) is 11.8 Å². The molecule has 1 fully saturated rings. The van der Waals surface area contributed by atoms with Crippen molar-refractivity contribution in [2.24, 2.45) is 0 Å². The standard InChI is InChI=1S/C27H31N3O4S/c1-18-20(12-9-13-21(18)19-10-5-4-6-11-19)17-35-27-28-24(33-2)22(25(29-27)34-3)16-30-15-8-7-14-23(30)26(31)32/h4-6,9-13,23H,7-8,14-17H2,1-3H3,(H,31,32). The van der Waals surface area contributed by atoms with Crippen LogP contribution in [0, 0.1) is 6.92 Å². The molecule has 3 aromatic rings. The Hall–Kier alpha value is -3.10. The molecule has 1 unspecified atom stereocenters. The highest BCUT2D eigenvalue weighted by molar-refractivity contribution is 7.98. The quantitative estimate of drug-likeness (QED) is 0.322. The average molecular weight is 494 g/mol. The minimum Gasteiger partial charge on any atom is -0.481 e. The molecule has 1 atom stereocenters. The number of thioether (sulfide) groups is 1. The van der Waals surface area contributed by atoms with Gasteiger partial charge in [-0.05, 0) is 48.6 Å². The number of carbonyl (C=O) groups is 1. The Bertz CT molecular complexity index is 1150. The molecule has 0 spiro atoms. The number of ether oxygens (including phenoxy) is 2. The molecule has 184 valence electrons. The number of hydrogen-bond acceptors (Lipinski definition) is 7. The van der Waals surface area contributed by atoms with Gasteiger partial charge in [-0.25, -0.2) is 0 Å². The molecule has 1 aromatic heterocycles. The zero-order valence-electron chi connectivity index (χ0n) is 20.4. The third kappa shape index (κ3) is 5.77. The molecule has 8 heteroatoms. The number of likely N-dealkylation sites (tertiary alicyclic amines) is 1. The van der Waals surface area contributed by atoms with E-state index in [0.29, 0.717) is 47.7 Å². The number of aliphatic carboxylic acids is 1. The maximum absolute atomic E-state index is 11.7. The average Bonchev–Trinajstić information content (AvgIpc) is 2.89. The van der Waals surface area contributed by atoms with Crippen LogP contribution in [0.25, 0.3) is 11.1 Å². The van der Waals surface area contributed by atoms with Crippen molar-refractivity contribution in [2.45, 2.75) is 49.7 Å². The van der Waals surface area contributed by atoms with Crippen molar-refractivity contribution < 1.29 is 19.4 Å². The summed E-state index contributed by atoms with van der Waals surface area (Å²) < 4.78 is 11.2. The van der Waals surface area contributed by atoms with Crippen LogP contribution in [0.4, 0.5) is 0 Å². The summed E-state index contributed by atoms with van der Waals surface area (Å²) in [4.78, 5) is 23.0. The molecule has 1 aliphatic rings. The van der Waals surface area contributed by atoms with Gasteiger partial charge in [-0.1, -0.05) is 66.7 Å². The summed E-state index contributed by atoms with van der Waals surface area (Å²) in [6.45, 7) is 3.21. The van der Waals surface area contributed by atoms with Crippen molar-refractivity contribution in [1.82, 2.24) is 14.9 Å². The minimum absolute atomic E-state index is 0.368. The number of aromatic nitrogens is 2. The Labute approximate surface area is 210 Å². The summed E-state index contributed by atoms with van der Waals surface area (Å²) in [6.07, 6.45) is 2.51. The van der Waals surface area contributed by atoms with Crippen LogP contribution < -0.4 is 9.47 Å². The van der Waals surface area contributed by atoms with Gasteiger partial charge in [-0.15, -0.1) is 0 Å². The maximum atomic E-state index is 11.7. The van der Waals surface area contributed by atoms with Crippen LogP contribution in [-0.2, 0) is 17.1 Å². The largest absolute Gasteiger partial charge is 0.481 e. The second kappa shape index (κ2) is 11.6. The van der Waals surface area contributed by atoms with E-state index in [9.17, 15) is 9.90 Å². The van der Waals surface area contributed by atoms with Crippen LogP contribution in [0.3, 0.4) is 0 Å². The summed E-state index contributed by atoms with van der Waals surface area (Å²) in [5.74, 6) is 0.738. The van der Waals surface area contributed by atoms with E-state index in [1.807, 2.05) is 23.1 Å². The van der Waals surface area contributed by atoms with Gasteiger partial charge >= 0.3 is 5.97 Å². The molecule has 0 aliphatic carbocycles. The van der Waals surface area contributed by atoms with Crippen LogP contribution in [0.1, 0.15) is 36.0 Å². The van der Waals surface area contributed by atoms with Crippen LogP contribution >= 0.6 is 11.8 Å². The molecule has 2 heterocycles. The van der Waals surface area contributed by atoms with Gasteiger partial charge in [0.2, 0.25) is 11.8 Å². The Morgan fingerprint density at radius 2 is 1.77 bits per heavy atom. The van der Waals surface area contributed by atoms with Crippen LogP contribution in [0.15, 0.2) is 53.7 Å². The van der Waals surface area contributed by atoms with Crippen LogP contribution in [-0.4, -0.2) is 52.7 Å². The van der Waals surface area contributed by atoms with E-state index in [1.54, 1.807) is 14.2 Å².